The minimum Gasteiger partial charge on any atom is -0.452 e. The van der Waals surface area contributed by atoms with Crippen molar-refractivity contribution < 1.29 is 24.0 Å². The Morgan fingerprint density at radius 2 is 1.97 bits per heavy atom. The Morgan fingerprint density at radius 3 is 2.69 bits per heavy atom. The number of benzene rings is 2. The van der Waals surface area contributed by atoms with Crippen LogP contribution in [0.15, 0.2) is 42.5 Å². The zero-order valence-corrected chi connectivity index (χ0v) is 15.9. The van der Waals surface area contributed by atoms with Gasteiger partial charge in [-0.1, -0.05) is 18.2 Å². The highest BCUT2D eigenvalue weighted by Crippen LogP contribution is 2.31. The number of nitro benzene ring substituents is 1. The van der Waals surface area contributed by atoms with Crippen LogP contribution in [0.5, 0.6) is 0 Å². The second kappa shape index (κ2) is 8.09. The molecule has 3 rings (SSSR count). The number of amides is 2. The van der Waals surface area contributed by atoms with Crippen LogP contribution in [0.4, 0.5) is 17.1 Å². The summed E-state index contributed by atoms with van der Waals surface area (Å²) in [4.78, 5) is 49.1. The van der Waals surface area contributed by atoms with Crippen LogP contribution in [0, 0.1) is 17.0 Å². The van der Waals surface area contributed by atoms with E-state index in [1.165, 1.54) is 30.0 Å². The van der Waals surface area contributed by atoms with Gasteiger partial charge >= 0.3 is 5.97 Å². The van der Waals surface area contributed by atoms with Crippen LogP contribution in [-0.4, -0.2) is 35.4 Å². The van der Waals surface area contributed by atoms with Gasteiger partial charge in [0.25, 0.3) is 11.6 Å². The molecule has 0 aromatic heterocycles. The first-order chi connectivity index (χ1) is 13.8. The summed E-state index contributed by atoms with van der Waals surface area (Å²) in [5, 5.41) is 13.8. The van der Waals surface area contributed by atoms with Crippen molar-refractivity contribution in [3.63, 3.8) is 0 Å². The number of esters is 1. The Bertz CT molecular complexity index is 1000. The van der Waals surface area contributed by atoms with E-state index >= 15 is 0 Å². The molecule has 0 fully saturated rings. The molecule has 2 aromatic rings. The molecule has 2 amide bonds. The molecule has 0 spiro atoms. The van der Waals surface area contributed by atoms with Gasteiger partial charge in [0.15, 0.2) is 6.61 Å². The summed E-state index contributed by atoms with van der Waals surface area (Å²) in [5.41, 5.74) is 0.992. The standard InChI is InChI=1S/C20H19N3O6/c1-12-10-18(24)21-15-7-3-4-8-17(15)22(12)19(25)11-29-20(26)14-6-5-9-16(13(14)2)23(27)28/h3-9,12H,10-11H2,1-2H3,(H,21,24)/t12-/m0/s1. The maximum Gasteiger partial charge on any atom is 0.339 e. The van der Waals surface area contributed by atoms with Crippen molar-refractivity contribution in [2.75, 3.05) is 16.8 Å². The highest BCUT2D eigenvalue weighted by atomic mass is 16.6. The maximum absolute atomic E-state index is 12.8. The molecule has 0 aliphatic carbocycles. The van der Waals surface area contributed by atoms with Crippen LogP contribution in [0.1, 0.15) is 29.3 Å². The van der Waals surface area contributed by atoms with Crippen molar-refractivity contribution in [2.24, 2.45) is 0 Å². The van der Waals surface area contributed by atoms with E-state index in [1.807, 2.05) is 0 Å². The van der Waals surface area contributed by atoms with Gasteiger partial charge in [-0.15, -0.1) is 0 Å². The van der Waals surface area contributed by atoms with E-state index in [0.29, 0.717) is 11.4 Å². The first-order valence-electron chi connectivity index (χ1n) is 8.91. The smallest absolute Gasteiger partial charge is 0.339 e. The van der Waals surface area contributed by atoms with Crippen LogP contribution in [-0.2, 0) is 14.3 Å². The number of hydrogen-bond acceptors (Lipinski definition) is 6. The summed E-state index contributed by atoms with van der Waals surface area (Å²) in [7, 11) is 0. The lowest BCUT2D eigenvalue weighted by atomic mass is 10.1. The number of nitrogens with one attached hydrogen (secondary N) is 1. The van der Waals surface area contributed by atoms with Gasteiger partial charge in [0, 0.05) is 24.1 Å². The van der Waals surface area contributed by atoms with Gasteiger partial charge in [-0.05, 0) is 32.0 Å². The van der Waals surface area contributed by atoms with Crippen LogP contribution in [0.3, 0.4) is 0 Å². The van der Waals surface area contributed by atoms with Crippen LogP contribution < -0.4 is 10.2 Å². The zero-order chi connectivity index (χ0) is 21.1. The summed E-state index contributed by atoms with van der Waals surface area (Å²) in [6, 6.07) is 10.5. The van der Waals surface area contributed by atoms with Crippen molar-refractivity contribution in [2.45, 2.75) is 26.3 Å². The first-order valence-corrected chi connectivity index (χ1v) is 8.91. The Balaban J connectivity index is 1.79. The van der Waals surface area contributed by atoms with E-state index in [-0.39, 0.29) is 29.1 Å². The van der Waals surface area contributed by atoms with Gasteiger partial charge < -0.3 is 15.0 Å². The lowest BCUT2D eigenvalue weighted by Gasteiger charge is -2.27. The molecule has 1 atom stereocenters. The largest absolute Gasteiger partial charge is 0.452 e. The molecule has 1 N–H and O–H groups in total. The van der Waals surface area contributed by atoms with E-state index in [2.05, 4.69) is 5.32 Å². The minimum atomic E-state index is -0.829. The number of nitrogens with zero attached hydrogens (tertiary/aromatic N) is 2. The van der Waals surface area contributed by atoms with Crippen molar-refractivity contribution >= 4 is 34.8 Å². The van der Waals surface area contributed by atoms with E-state index in [0.717, 1.165) is 0 Å². The average Bonchev–Trinajstić information content (AvgIpc) is 2.80. The molecule has 0 saturated heterocycles. The number of para-hydroxylation sites is 2. The van der Waals surface area contributed by atoms with E-state index < -0.39 is 29.4 Å². The van der Waals surface area contributed by atoms with Gasteiger partial charge in [0.2, 0.25) is 5.91 Å². The molecule has 2 aromatic carbocycles. The van der Waals surface area contributed by atoms with Gasteiger partial charge in [0.05, 0.1) is 21.9 Å². The molecule has 0 unspecified atom stereocenters. The Morgan fingerprint density at radius 1 is 1.24 bits per heavy atom. The number of anilines is 2. The minimum absolute atomic E-state index is 0.0214. The van der Waals surface area contributed by atoms with Crippen molar-refractivity contribution in [3.8, 4) is 0 Å². The van der Waals surface area contributed by atoms with Crippen LogP contribution in [0.25, 0.3) is 0 Å². The topological polar surface area (TPSA) is 119 Å². The van der Waals surface area contributed by atoms with Crippen molar-refractivity contribution in [1.29, 1.82) is 0 Å². The summed E-state index contributed by atoms with van der Waals surface area (Å²) >= 11 is 0. The third-order valence-electron chi connectivity index (χ3n) is 4.68. The number of nitro groups is 1. The molecular formula is C20H19N3O6. The monoisotopic (exact) mass is 397 g/mol. The molecule has 1 aliphatic rings. The number of carbonyl (C=O) groups is 3. The van der Waals surface area contributed by atoms with Gasteiger partial charge in [-0.2, -0.15) is 0 Å². The average molecular weight is 397 g/mol. The van der Waals surface area contributed by atoms with E-state index in [1.54, 1.807) is 31.2 Å². The predicted octanol–water partition coefficient (Wildman–Crippen LogP) is 2.82. The lowest BCUT2D eigenvalue weighted by Crippen LogP contribution is -2.41. The summed E-state index contributed by atoms with van der Waals surface area (Å²) in [6.07, 6.45) is 0.0956. The quantitative estimate of drug-likeness (QED) is 0.481. The SMILES string of the molecule is Cc1c(C(=O)OCC(=O)N2c3ccccc3NC(=O)C[C@@H]2C)cccc1[N+](=O)[O-]. The Labute approximate surface area is 166 Å². The van der Waals surface area contributed by atoms with Crippen LogP contribution in [0.2, 0.25) is 0 Å². The van der Waals surface area contributed by atoms with Gasteiger partial charge in [0.1, 0.15) is 0 Å². The van der Waals surface area contributed by atoms with E-state index in [9.17, 15) is 24.5 Å². The molecule has 29 heavy (non-hydrogen) atoms. The maximum atomic E-state index is 12.8. The molecule has 0 bridgehead atoms. The highest BCUT2D eigenvalue weighted by molar-refractivity contribution is 6.05. The molecule has 150 valence electrons. The number of carbonyl (C=O) groups excluding carboxylic acids is 3. The third-order valence-corrected chi connectivity index (χ3v) is 4.68. The summed E-state index contributed by atoms with van der Waals surface area (Å²) in [6.45, 7) is 2.61. The molecule has 9 nitrogen and oxygen atoms in total. The predicted molar refractivity (Wildman–Crippen MR) is 105 cm³/mol. The van der Waals surface area contributed by atoms with Crippen LogP contribution >= 0.6 is 0 Å². The number of hydrogen-bond donors (Lipinski definition) is 1. The Hall–Kier alpha value is -3.75. The number of rotatable bonds is 4. The Kier molecular flexibility index (Phi) is 5.58. The number of fused-ring (bicyclic) bond motifs is 1. The molecular weight excluding hydrogens is 378 g/mol. The molecule has 1 heterocycles. The van der Waals surface area contributed by atoms with Gasteiger partial charge in [-0.25, -0.2) is 4.79 Å². The van der Waals surface area contributed by atoms with Gasteiger partial charge in [-0.3, -0.25) is 19.7 Å². The third kappa shape index (κ3) is 4.08. The second-order valence-corrected chi connectivity index (χ2v) is 6.67. The van der Waals surface area contributed by atoms with Crippen molar-refractivity contribution in [1.82, 2.24) is 0 Å². The van der Waals surface area contributed by atoms with E-state index in [4.69, 9.17) is 4.74 Å². The number of ether oxygens (including phenoxy) is 1. The fourth-order valence-corrected chi connectivity index (χ4v) is 3.28. The molecule has 0 radical (unpaired) electrons. The molecule has 9 heteroatoms. The van der Waals surface area contributed by atoms with Crippen molar-refractivity contribution in [3.05, 3.63) is 63.7 Å². The second-order valence-electron chi connectivity index (χ2n) is 6.67. The fraction of sp³-hybridized carbons (Fsp3) is 0.250. The first kappa shape index (κ1) is 20.0. The summed E-state index contributed by atoms with van der Waals surface area (Å²) in [5.74, 6) is -1.55. The molecule has 0 saturated carbocycles. The lowest BCUT2D eigenvalue weighted by molar-refractivity contribution is -0.385. The summed E-state index contributed by atoms with van der Waals surface area (Å²) < 4.78 is 5.13. The normalized spacial score (nSPS) is 15.7. The zero-order valence-electron chi connectivity index (χ0n) is 15.9. The fourth-order valence-electron chi connectivity index (χ4n) is 3.28. The highest BCUT2D eigenvalue weighted by Gasteiger charge is 2.30. The molecule has 1 aliphatic heterocycles.